The molecule has 2 heterocycles. The summed E-state index contributed by atoms with van der Waals surface area (Å²) in [5.74, 6) is 0.174. The fourth-order valence-electron chi connectivity index (χ4n) is 3.68. The van der Waals surface area contributed by atoms with E-state index in [1.807, 2.05) is 46.8 Å². The fourth-order valence-corrected chi connectivity index (χ4v) is 3.68. The summed E-state index contributed by atoms with van der Waals surface area (Å²) >= 11 is 0. The SMILES string of the molecule is C[C@H](C(=O)N1CCCCC1)n1nc(-c2ccccc2)c2ccccc21. The van der Waals surface area contributed by atoms with Crippen molar-refractivity contribution in [3.8, 4) is 11.3 Å². The second-order valence-corrected chi connectivity index (χ2v) is 6.74. The number of hydrogen-bond donors (Lipinski definition) is 0. The van der Waals surface area contributed by atoms with Gasteiger partial charge in [-0.2, -0.15) is 5.10 Å². The van der Waals surface area contributed by atoms with E-state index in [-0.39, 0.29) is 11.9 Å². The van der Waals surface area contributed by atoms with Gasteiger partial charge in [0.2, 0.25) is 5.91 Å². The Bertz CT molecular complexity index is 879. The predicted molar refractivity (Wildman–Crippen MR) is 100 cm³/mol. The van der Waals surface area contributed by atoms with Gasteiger partial charge in [0, 0.05) is 24.0 Å². The largest absolute Gasteiger partial charge is 0.341 e. The molecule has 25 heavy (non-hydrogen) atoms. The van der Waals surface area contributed by atoms with E-state index in [9.17, 15) is 4.79 Å². The highest BCUT2D eigenvalue weighted by atomic mass is 16.2. The highest BCUT2D eigenvalue weighted by molar-refractivity contribution is 5.94. The molecule has 1 amide bonds. The van der Waals surface area contributed by atoms with Crippen molar-refractivity contribution in [2.75, 3.05) is 13.1 Å². The van der Waals surface area contributed by atoms with Gasteiger partial charge < -0.3 is 4.90 Å². The molecule has 0 spiro atoms. The molecule has 1 aliphatic heterocycles. The van der Waals surface area contributed by atoms with Crippen molar-refractivity contribution in [1.29, 1.82) is 0 Å². The number of carbonyl (C=O) groups excluding carboxylic acids is 1. The number of nitrogens with zero attached hydrogens (tertiary/aromatic N) is 3. The lowest BCUT2D eigenvalue weighted by molar-refractivity contribution is -0.135. The topological polar surface area (TPSA) is 38.1 Å². The van der Waals surface area contributed by atoms with Gasteiger partial charge in [-0.05, 0) is 32.3 Å². The Morgan fingerprint density at radius 1 is 0.960 bits per heavy atom. The highest BCUT2D eigenvalue weighted by Crippen LogP contribution is 2.30. The van der Waals surface area contributed by atoms with Crippen molar-refractivity contribution in [2.24, 2.45) is 0 Å². The minimum atomic E-state index is -0.291. The number of fused-ring (bicyclic) bond motifs is 1. The van der Waals surface area contributed by atoms with Gasteiger partial charge in [0.1, 0.15) is 11.7 Å². The van der Waals surface area contributed by atoms with Crippen LogP contribution in [0.25, 0.3) is 22.2 Å². The van der Waals surface area contributed by atoms with E-state index in [1.165, 1.54) is 6.42 Å². The molecule has 0 saturated carbocycles. The van der Waals surface area contributed by atoms with Crippen LogP contribution in [0.15, 0.2) is 54.6 Å². The van der Waals surface area contributed by atoms with Gasteiger partial charge >= 0.3 is 0 Å². The normalized spacial score (nSPS) is 16.1. The third-order valence-electron chi connectivity index (χ3n) is 5.05. The number of hydrogen-bond acceptors (Lipinski definition) is 2. The lowest BCUT2D eigenvalue weighted by atomic mass is 10.1. The first-order chi connectivity index (χ1) is 12.3. The smallest absolute Gasteiger partial charge is 0.247 e. The van der Waals surface area contributed by atoms with Crippen LogP contribution in [0.2, 0.25) is 0 Å². The summed E-state index contributed by atoms with van der Waals surface area (Å²) in [5.41, 5.74) is 3.03. The summed E-state index contributed by atoms with van der Waals surface area (Å²) in [4.78, 5) is 14.9. The molecule has 4 heteroatoms. The van der Waals surface area contributed by atoms with Crippen molar-refractivity contribution in [3.05, 3.63) is 54.6 Å². The summed E-state index contributed by atoms with van der Waals surface area (Å²) < 4.78 is 1.90. The zero-order valence-electron chi connectivity index (χ0n) is 14.6. The Morgan fingerprint density at radius 3 is 2.40 bits per heavy atom. The van der Waals surface area contributed by atoms with Crippen LogP contribution in [0.3, 0.4) is 0 Å². The summed E-state index contributed by atoms with van der Waals surface area (Å²) in [7, 11) is 0. The maximum absolute atomic E-state index is 13.0. The van der Waals surface area contributed by atoms with Crippen LogP contribution in [0.1, 0.15) is 32.2 Å². The highest BCUT2D eigenvalue weighted by Gasteiger charge is 2.26. The summed E-state index contributed by atoms with van der Waals surface area (Å²) in [6.45, 7) is 3.70. The minimum absolute atomic E-state index is 0.174. The van der Waals surface area contributed by atoms with Gasteiger partial charge in [0.25, 0.3) is 0 Å². The third-order valence-corrected chi connectivity index (χ3v) is 5.05. The molecule has 4 rings (SSSR count). The average Bonchev–Trinajstić information content (AvgIpc) is 3.08. The first-order valence-electron chi connectivity index (χ1n) is 9.07. The van der Waals surface area contributed by atoms with Crippen LogP contribution < -0.4 is 0 Å². The van der Waals surface area contributed by atoms with Gasteiger partial charge in [-0.15, -0.1) is 0 Å². The first-order valence-corrected chi connectivity index (χ1v) is 9.07. The number of likely N-dealkylation sites (tertiary alicyclic amines) is 1. The average molecular weight is 333 g/mol. The van der Waals surface area contributed by atoms with Crippen LogP contribution in [0.4, 0.5) is 0 Å². The number of para-hydroxylation sites is 1. The molecule has 1 aliphatic rings. The number of rotatable bonds is 3. The summed E-state index contributed by atoms with van der Waals surface area (Å²) in [6.07, 6.45) is 3.43. The molecular formula is C21H23N3O. The van der Waals surface area contributed by atoms with Gasteiger partial charge in [-0.1, -0.05) is 48.5 Å². The lowest BCUT2D eigenvalue weighted by Gasteiger charge is -2.29. The van der Waals surface area contributed by atoms with Gasteiger partial charge in [-0.3, -0.25) is 9.48 Å². The van der Waals surface area contributed by atoms with Crippen LogP contribution >= 0.6 is 0 Å². The Balaban J connectivity index is 1.76. The van der Waals surface area contributed by atoms with E-state index >= 15 is 0 Å². The monoisotopic (exact) mass is 333 g/mol. The van der Waals surface area contributed by atoms with E-state index < -0.39 is 0 Å². The Kier molecular flexibility index (Phi) is 4.26. The molecule has 0 aliphatic carbocycles. The Labute approximate surface area is 148 Å². The van der Waals surface area contributed by atoms with Gasteiger partial charge in [-0.25, -0.2) is 0 Å². The molecule has 1 fully saturated rings. The van der Waals surface area contributed by atoms with Crippen LogP contribution in [-0.4, -0.2) is 33.7 Å². The molecule has 128 valence electrons. The van der Waals surface area contributed by atoms with Crippen LogP contribution in [-0.2, 0) is 4.79 Å². The molecule has 1 atom stereocenters. The molecule has 2 aromatic carbocycles. The molecule has 0 bridgehead atoms. The van der Waals surface area contributed by atoms with Crippen molar-refractivity contribution >= 4 is 16.8 Å². The molecule has 0 radical (unpaired) electrons. The number of carbonyl (C=O) groups is 1. The second-order valence-electron chi connectivity index (χ2n) is 6.74. The minimum Gasteiger partial charge on any atom is -0.341 e. The van der Waals surface area contributed by atoms with E-state index in [0.717, 1.165) is 48.1 Å². The molecule has 4 nitrogen and oxygen atoms in total. The molecule has 0 unspecified atom stereocenters. The predicted octanol–water partition coefficient (Wildman–Crippen LogP) is 4.28. The van der Waals surface area contributed by atoms with Crippen molar-refractivity contribution < 1.29 is 4.79 Å². The van der Waals surface area contributed by atoms with Crippen molar-refractivity contribution in [3.63, 3.8) is 0 Å². The molecule has 1 aromatic heterocycles. The van der Waals surface area contributed by atoms with Crippen LogP contribution in [0.5, 0.6) is 0 Å². The van der Waals surface area contributed by atoms with Crippen molar-refractivity contribution in [2.45, 2.75) is 32.2 Å². The zero-order chi connectivity index (χ0) is 17.2. The summed E-state index contributed by atoms with van der Waals surface area (Å²) in [6, 6.07) is 18.0. The van der Waals surface area contributed by atoms with Gasteiger partial charge in [0.05, 0.1) is 5.52 Å². The van der Waals surface area contributed by atoms with E-state index in [0.29, 0.717) is 0 Å². The number of amides is 1. The van der Waals surface area contributed by atoms with Crippen LogP contribution in [0, 0.1) is 0 Å². The first kappa shape index (κ1) is 15.9. The number of benzene rings is 2. The molecule has 0 N–H and O–H groups in total. The maximum Gasteiger partial charge on any atom is 0.247 e. The molecular weight excluding hydrogens is 310 g/mol. The second kappa shape index (κ2) is 6.71. The number of piperidine rings is 1. The van der Waals surface area contributed by atoms with E-state index in [4.69, 9.17) is 5.10 Å². The van der Waals surface area contributed by atoms with Gasteiger partial charge in [0.15, 0.2) is 0 Å². The van der Waals surface area contributed by atoms with E-state index in [1.54, 1.807) is 0 Å². The maximum atomic E-state index is 13.0. The lowest BCUT2D eigenvalue weighted by Crippen LogP contribution is -2.39. The molecule has 1 saturated heterocycles. The summed E-state index contributed by atoms with van der Waals surface area (Å²) in [5, 5.41) is 5.93. The quantitative estimate of drug-likeness (QED) is 0.717. The van der Waals surface area contributed by atoms with Crippen molar-refractivity contribution in [1.82, 2.24) is 14.7 Å². The van der Waals surface area contributed by atoms with E-state index in [2.05, 4.69) is 24.3 Å². The zero-order valence-corrected chi connectivity index (χ0v) is 14.6. The standard InChI is InChI=1S/C21H23N3O/c1-16(21(25)23-14-8-3-9-15-23)24-19-13-7-6-12-18(19)20(22-24)17-10-4-2-5-11-17/h2,4-7,10-13,16H,3,8-9,14-15H2,1H3/t16-/m1/s1. The fraction of sp³-hybridized carbons (Fsp3) is 0.333. The number of aromatic nitrogens is 2. The Hall–Kier alpha value is -2.62. The molecule has 3 aromatic rings. The Morgan fingerprint density at radius 2 is 1.64 bits per heavy atom. The third kappa shape index (κ3) is 2.93.